The summed E-state index contributed by atoms with van der Waals surface area (Å²) in [5, 5.41) is 2.43. The quantitative estimate of drug-likeness (QED) is 0.167. The van der Waals surface area contributed by atoms with Crippen LogP contribution in [0.5, 0.6) is 11.5 Å². The van der Waals surface area contributed by atoms with E-state index < -0.39 is 23.6 Å². The molecular formula is C30H19F3N2O3S. The van der Waals surface area contributed by atoms with E-state index in [0.717, 1.165) is 12.1 Å². The van der Waals surface area contributed by atoms with Crippen LogP contribution in [0, 0.1) is 0 Å². The van der Waals surface area contributed by atoms with Crippen molar-refractivity contribution in [2.24, 2.45) is 0 Å². The normalized spacial score (nSPS) is 14.9. The number of benzene rings is 4. The summed E-state index contributed by atoms with van der Waals surface area (Å²) in [5.41, 5.74) is 0.510. The molecule has 0 bridgehead atoms. The molecule has 0 radical (unpaired) electrons. The molecule has 194 valence electrons. The van der Waals surface area contributed by atoms with Gasteiger partial charge in [-0.05, 0) is 83.5 Å². The highest BCUT2D eigenvalue weighted by Gasteiger charge is 2.35. The van der Waals surface area contributed by atoms with E-state index in [1.807, 2.05) is 18.2 Å². The van der Waals surface area contributed by atoms with E-state index in [-0.39, 0.29) is 10.7 Å². The number of amides is 2. The molecule has 0 atom stereocenters. The van der Waals surface area contributed by atoms with E-state index in [4.69, 9.17) is 17.0 Å². The first-order valence-electron chi connectivity index (χ1n) is 11.7. The number of nitrogens with zero attached hydrogens (tertiary/aromatic N) is 1. The lowest BCUT2D eigenvalue weighted by molar-refractivity contribution is -0.137. The molecule has 4 aromatic rings. The van der Waals surface area contributed by atoms with Crippen LogP contribution in [0.3, 0.4) is 0 Å². The maximum Gasteiger partial charge on any atom is 0.416 e. The van der Waals surface area contributed by atoms with Gasteiger partial charge in [0.1, 0.15) is 17.1 Å². The fourth-order valence-corrected chi connectivity index (χ4v) is 4.37. The number of nitrogens with one attached hydrogen (secondary N) is 1. The average Bonchev–Trinajstić information content (AvgIpc) is 2.92. The van der Waals surface area contributed by atoms with Gasteiger partial charge in [-0.15, -0.1) is 0 Å². The summed E-state index contributed by atoms with van der Waals surface area (Å²) < 4.78 is 45.7. The molecule has 0 aromatic heterocycles. The zero-order chi connectivity index (χ0) is 27.6. The maximum absolute atomic E-state index is 13.5. The second kappa shape index (κ2) is 10.5. The number of ether oxygens (including phenoxy) is 1. The van der Waals surface area contributed by atoms with Gasteiger partial charge in [-0.25, -0.2) is 0 Å². The zero-order valence-corrected chi connectivity index (χ0v) is 20.9. The van der Waals surface area contributed by atoms with Crippen LogP contribution in [0.4, 0.5) is 18.9 Å². The van der Waals surface area contributed by atoms with Gasteiger partial charge in [0.15, 0.2) is 5.11 Å². The molecule has 1 aliphatic rings. The maximum atomic E-state index is 13.5. The number of alkyl halides is 3. The van der Waals surface area contributed by atoms with Crippen LogP contribution in [-0.2, 0) is 15.8 Å². The largest absolute Gasteiger partial charge is 0.457 e. The Morgan fingerprint density at radius 1 is 0.795 bits per heavy atom. The van der Waals surface area contributed by atoms with Gasteiger partial charge < -0.3 is 4.74 Å². The van der Waals surface area contributed by atoms with Crippen molar-refractivity contribution in [2.75, 3.05) is 4.90 Å². The number of hydrogen-bond acceptors (Lipinski definition) is 4. The third kappa shape index (κ3) is 5.58. The molecule has 1 heterocycles. The first-order valence-corrected chi connectivity index (χ1v) is 12.1. The molecule has 1 saturated heterocycles. The van der Waals surface area contributed by atoms with Crippen LogP contribution in [-0.4, -0.2) is 16.9 Å². The summed E-state index contributed by atoms with van der Waals surface area (Å²) in [4.78, 5) is 27.5. The van der Waals surface area contributed by atoms with Gasteiger partial charge in [-0.1, -0.05) is 54.6 Å². The van der Waals surface area contributed by atoms with Crippen molar-refractivity contribution >= 4 is 40.9 Å². The van der Waals surface area contributed by atoms with Crippen molar-refractivity contribution in [3.05, 3.63) is 120 Å². The monoisotopic (exact) mass is 544 g/mol. The summed E-state index contributed by atoms with van der Waals surface area (Å²) in [6.07, 6.45) is -3.16. The Morgan fingerprint density at radius 2 is 1.46 bits per heavy atom. The zero-order valence-electron chi connectivity index (χ0n) is 20.1. The second-order valence-corrected chi connectivity index (χ2v) is 8.92. The molecule has 0 unspecified atom stereocenters. The van der Waals surface area contributed by atoms with Gasteiger partial charge in [0.05, 0.1) is 11.3 Å². The van der Waals surface area contributed by atoms with Crippen molar-refractivity contribution in [3.8, 4) is 22.6 Å². The standard InChI is InChI=1S/C30H19F3N2O3S/c31-30(32,33)21-9-6-8-19(17-21)25-12-5-4-7-20(25)18-26-27(36)34-29(39)35(28(26)37)22-13-15-24(16-14-22)38-23-10-2-1-3-11-23/h1-18H,(H,34,36,39)/b26-18+. The van der Waals surface area contributed by atoms with Crippen LogP contribution in [0.2, 0.25) is 0 Å². The number of rotatable bonds is 5. The van der Waals surface area contributed by atoms with Gasteiger partial charge in [-0.3, -0.25) is 19.8 Å². The Labute approximate surface area is 227 Å². The predicted octanol–water partition coefficient (Wildman–Crippen LogP) is 7.00. The average molecular weight is 545 g/mol. The molecule has 39 heavy (non-hydrogen) atoms. The van der Waals surface area contributed by atoms with Crippen LogP contribution in [0.25, 0.3) is 17.2 Å². The molecule has 1 fully saturated rings. The van der Waals surface area contributed by atoms with Crippen LogP contribution >= 0.6 is 12.2 Å². The Bertz CT molecular complexity index is 1600. The highest BCUT2D eigenvalue weighted by molar-refractivity contribution is 7.80. The molecule has 0 aliphatic carbocycles. The molecule has 1 N–H and O–H groups in total. The SMILES string of the molecule is O=C1NC(=S)N(c2ccc(Oc3ccccc3)cc2)C(=O)/C1=C/c1ccccc1-c1cccc(C(F)(F)F)c1. The van der Waals surface area contributed by atoms with Crippen molar-refractivity contribution in [3.63, 3.8) is 0 Å². The number of carbonyl (C=O) groups excluding carboxylic acids is 2. The minimum absolute atomic E-state index is 0.0926. The van der Waals surface area contributed by atoms with Crippen LogP contribution in [0.15, 0.2) is 109 Å². The van der Waals surface area contributed by atoms with Gasteiger partial charge in [-0.2, -0.15) is 13.2 Å². The van der Waals surface area contributed by atoms with Crippen LogP contribution in [0.1, 0.15) is 11.1 Å². The van der Waals surface area contributed by atoms with E-state index in [2.05, 4.69) is 5.32 Å². The molecule has 9 heteroatoms. The van der Waals surface area contributed by atoms with E-state index in [0.29, 0.717) is 33.9 Å². The van der Waals surface area contributed by atoms with Crippen molar-refractivity contribution in [1.29, 1.82) is 0 Å². The first kappa shape index (κ1) is 25.9. The number of hydrogen-bond donors (Lipinski definition) is 1. The highest BCUT2D eigenvalue weighted by atomic mass is 32.1. The number of para-hydroxylation sites is 1. The first-order chi connectivity index (χ1) is 18.7. The number of halogens is 3. The molecule has 4 aromatic carbocycles. The topological polar surface area (TPSA) is 58.6 Å². The molecule has 5 nitrogen and oxygen atoms in total. The third-order valence-corrected chi connectivity index (χ3v) is 6.22. The van der Waals surface area contributed by atoms with E-state index in [9.17, 15) is 22.8 Å². The summed E-state index contributed by atoms with van der Waals surface area (Å²) in [5.74, 6) is -0.190. The van der Waals surface area contributed by atoms with Crippen molar-refractivity contribution in [2.45, 2.75) is 6.18 Å². The molecule has 0 saturated carbocycles. The minimum atomic E-state index is -4.51. The fourth-order valence-electron chi connectivity index (χ4n) is 4.08. The number of thiocarbonyl (C=S) groups is 1. The van der Waals surface area contributed by atoms with Gasteiger partial charge in [0, 0.05) is 0 Å². The van der Waals surface area contributed by atoms with Crippen molar-refractivity contribution in [1.82, 2.24) is 5.32 Å². The number of carbonyl (C=O) groups is 2. The lowest BCUT2D eigenvalue weighted by atomic mass is 9.96. The smallest absolute Gasteiger partial charge is 0.416 e. The lowest BCUT2D eigenvalue weighted by Crippen LogP contribution is -2.54. The minimum Gasteiger partial charge on any atom is -0.457 e. The fraction of sp³-hybridized carbons (Fsp3) is 0.0333. The molecule has 1 aliphatic heterocycles. The lowest BCUT2D eigenvalue weighted by Gasteiger charge is -2.29. The van der Waals surface area contributed by atoms with Gasteiger partial charge in [0.25, 0.3) is 11.8 Å². The Hall–Kier alpha value is -4.76. The Morgan fingerprint density at radius 3 is 2.18 bits per heavy atom. The van der Waals surface area contributed by atoms with Crippen molar-refractivity contribution < 1.29 is 27.5 Å². The van der Waals surface area contributed by atoms with E-state index in [1.54, 1.807) is 60.7 Å². The summed E-state index contributed by atoms with van der Waals surface area (Å²) in [6.45, 7) is 0. The van der Waals surface area contributed by atoms with Gasteiger partial charge in [0.2, 0.25) is 0 Å². The van der Waals surface area contributed by atoms with Gasteiger partial charge >= 0.3 is 6.18 Å². The third-order valence-electron chi connectivity index (χ3n) is 5.94. The van der Waals surface area contributed by atoms with E-state index >= 15 is 0 Å². The van der Waals surface area contributed by atoms with Crippen LogP contribution < -0.4 is 15.0 Å². The Balaban J connectivity index is 1.47. The predicted molar refractivity (Wildman–Crippen MR) is 146 cm³/mol. The second-order valence-electron chi connectivity index (χ2n) is 8.53. The molecular weight excluding hydrogens is 525 g/mol. The highest BCUT2D eigenvalue weighted by Crippen LogP contribution is 2.34. The van der Waals surface area contributed by atoms with E-state index in [1.165, 1.54) is 23.1 Å². The molecule has 5 rings (SSSR count). The summed E-state index contributed by atoms with van der Waals surface area (Å²) in [7, 11) is 0. The Kier molecular flexibility index (Phi) is 7.00. The summed E-state index contributed by atoms with van der Waals surface area (Å²) in [6, 6.07) is 27.2. The summed E-state index contributed by atoms with van der Waals surface area (Å²) >= 11 is 5.28. The number of anilines is 1. The molecule has 2 amide bonds. The molecule has 0 spiro atoms.